The number of sulfonamides is 1. The van der Waals surface area contributed by atoms with Crippen LogP contribution in [0.1, 0.15) is 48.6 Å². The second kappa shape index (κ2) is 10.8. The van der Waals surface area contributed by atoms with Crippen LogP contribution in [0.2, 0.25) is 0 Å². The number of carbonyl (C=O) groups is 1. The van der Waals surface area contributed by atoms with Crippen LogP contribution in [-0.4, -0.2) is 59.7 Å². The van der Waals surface area contributed by atoms with Crippen molar-refractivity contribution in [2.24, 2.45) is 5.92 Å². The first-order valence-electron chi connectivity index (χ1n) is 12.8. The molecule has 5 rings (SSSR count). The Labute approximate surface area is 222 Å². The Morgan fingerprint density at radius 1 is 1.08 bits per heavy atom. The summed E-state index contributed by atoms with van der Waals surface area (Å²) >= 11 is 0. The molecule has 0 radical (unpaired) electrons. The molecule has 2 fully saturated rings. The Morgan fingerprint density at radius 3 is 2.50 bits per heavy atom. The number of anilines is 1. The van der Waals surface area contributed by atoms with E-state index in [-0.39, 0.29) is 24.6 Å². The van der Waals surface area contributed by atoms with E-state index in [0.717, 1.165) is 5.56 Å². The molecule has 38 heavy (non-hydrogen) atoms. The number of esters is 1. The maximum Gasteiger partial charge on any atom is 0.312 e. The monoisotopic (exact) mass is 541 g/mol. The van der Waals surface area contributed by atoms with Gasteiger partial charge in [0.15, 0.2) is 0 Å². The van der Waals surface area contributed by atoms with Gasteiger partial charge in [-0.2, -0.15) is 4.31 Å². The van der Waals surface area contributed by atoms with Crippen molar-refractivity contribution in [1.29, 1.82) is 0 Å². The molecule has 0 amide bonds. The number of methoxy groups -OCH3 is 1. The van der Waals surface area contributed by atoms with E-state index in [0.29, 0.717) is 43.6 Å². The van der Waals surface area contributed by atoms with Gasteiger partial charge in [-0.1, -0.05) is 36.4 Å². The average Bonchev–Trinajstić information content (AvgIpc) is 3.46. The second-order valence-corrected chi connectivity index (χ2v) is 12.1. The molecule has 2 aromatic carbocycles. The molecule has 2 aliphatic heterocycles. The normalized spacial score (nSPS) is 25.7. The lowest BCUT2D eigenvalue weighted by Crippen LogP contribution is -2.45. The van der Waals surface area contributed by atoms with Crippen LogP contribution in [0.15, 0.2) is 61.2 Å². The highest BCUT2D eigenvalue weighted by atomic mass is 32.2. The molecular formula is C27H32FN5O4S. The zero-order valence-electron chi connectivity index (χ0n) is 21.5. The lowest BCUT2D eigenvalue weighted by atomic mass is 9.91. The van der Waals surface area contributed by atoms with Crippen molar-refractivity contribution in [1.82, 2.24) is 19.1 Å². The molecule has 11 heteroatoms. The quantitative estimate of drug-likeness (QED) is 0.439. The van der Waals surface area contributed by atoms with Gasteiger partial charge in [-0.25, -0.2) is 12.8 Å². The van der Waals surface area contributed by atoms with Crippen molar-refractivity contribution in [3.05, 3.63) is 78.1 Å². The fraction of sp³-hybridized carbons (Fsp3) is 0.444. The van der Waals surface area contributed by atoms with Gasteiger partial charge in [0.05, 0.1) is 19.1 Å². The zero-order valence-corrected chi connectivity index (χ0v) is 22.3. The van der Waals surface area contributed by atoms with E-state index in [2.05, 4.69) is 10.2 Å². The smallest absolute Gasteiger partial charge is 0.312 e. The van der Waals surface area contributed by atoms with E-state index >= 15 is 4.39 Å². The molecule has 0 bridgehead atoms. The molecule has 202 valence electrons. The zero-order chi connectivity index (χ0) is 26.9. The SMILES string of the molecule is COC(=O)[C@@H]1CN(c2ccc(CN3C(C)CCC(c4ccccc4)S3(=O)=O)c(F)c2)CC[C@H]1n1cnnc1. The highest BCUT2D eigenvalue weighted by Crippen LogP contribution is 2.39. The van der Waals surface area contributed by atoms with E-state index in [1.165, 1.54) is 17.5 Å². The highest BCUT2D eigenvalue weighted by molar-refractivity contribution is 7.89. The standard InChI is InChI=1S/C27H32FN5O4S/c1-19-8-11-26(20-6-4-3-5-7-20)38(35,36)33(19)15-21-9-10-22(14-24(21)28)31-13-12-25(32-17-29-30-18-32)23(16-31)27(34)37-2/h3-7,9-10,14,17-19,23,25-26H,8,11-13,15-16H2,1-2H3/t19?,23-,25-,26?/m1/s1. The minimum absolute atomic E-state index is 0.0283. The number of aromatic nitrogens is 3. The molecule has 9 nitrogen and oxygen atoms in total. The van der Waals surface area contributed by atoms with Gasteiger partial charge in [0, 0.05) is 36.9 Å². The predicted molar refractivity (Wildman–Crippen MR) is 140 cm³/mol. The molecule has 0 N–H and O–H groups in total. The number of nitrogens with zero attached hydrogens (tertiary/aromatic N) is 5. The van der Waals surface area contributed by atoms with E-state index in [4.69, 9.17) is 4.74 Å². The lowest BCUT2D eigenvalue weighted by molar-refractivity contribution is -0.147. The summed E-state index contributed by atoms with van der Waals surface area (Å²) in [5.41, 5.74) is 1.72. The Balaban J connectivity index is 1.34. The third-order valence-corrected chi connectivity index (χ3v) is 10.2. The van der Waals surface area contributed by atoms with Gasteiger partial charge >= 0.3 is 5.97 Å². The molecule has 2 unspecified atom stereocenters. The number of piperidine rings is 1. The van der Waals surface area contributed by atoms with E-state index in [9.17, 15) is 13.2 Å². The Bertz CT molecular complexity index is 1370. The predicted octanol–water partition coefficient (Wildman–Crippen LogP) is 3.71. The van der Waals surface area contributed by atoms with Crippen LogP contribution >= 0.6 is 0 Å². The number of carbonyl (C=O) groups excluding carboxylic acids is 1. The number of hydrogen-bond donors (Lipinski definition) is 0. The van der Waals surface area contributed by atoms with Crippen molar-refractivity contribution in [3.63, 3.8) is 0 Å². The molecule has 2 aliphatic rings. The summed E-state index contributed by atoms with van der Waals surface area (Å²) in [5.74, 6) is -1.29. The fourth-order valence-corrected chi connectivity index (χ4v) is 7.86. The van der Waals surface area contributed by atoms with Gasteiger partial charge in [-0.15, -0.1) is 10.2 Å². The first-order chi connectivity index (χ1) is 18.3. The van der Waals surface area contributed by atoms with E-state index in [1.54, 1.807) is 24.8 Å². The number of ether oxygens (including phenoxy) is 1. The van der Waals surface area contributed by atoms with Crippen LogP contribution in [0, 0.1) is 11.7 Å². The van der Waals surface area contributed by atoms with Crippen molar-refractivity contribution < 1.29 is 22.3 Å². The average molecular weight is 542 g/mol. The summed E-state index contributed by atoms with van der Waals surface area (Å²) in [5, 5.41) is 7.07. The molecule has 2 saturated heterocycles. The van der Waals surface area contributed by atoms with Crippen LogP contribution in [-0.2, 0) is 26.1 Å². The number of halogens is 1. The summed E-state index contributed by atoms with van der Waals surface area (Å²) in [6.45, 7) is 2.80. The third-order valence-electron chi connectivity index (χ3n) is 7.82. The summed E-state index contributed by atoms with van der Waals surface area (Å²) < 4.78 is 50.8. The van der Waals surface area contributed by atoms with Gasteiger partial charge in [-0.3, -0.25) is 4.79 Å². The Kier molecular flexibility index (Phi) is 7.49. The van der Waals surface area contributed by atoms with Crippen molar-refractivity contribution in [2.75, 3.05) is 25.1 Å². The Morgan fingerprint density at radius 2 is 1.82 bits per heavy atom. The Hall–Kier alpha value is -3.31. The van der Waals surface area contributed by atoms with Gasteiger partial charge in [0.25, 0.3) is 0 Å². The lowest BCUT2D eigenvalue weighted by Gasteiger charge is -2.39. The molecule has 0 aliphatic carbocycles. The van der Waals surface area contributed by atoms with Crippen LogP contribution in [0.3, 0.4) is 0 Å². The maximum atomic E-state index is 15.4. The van der Waals surface area contributed by atoms with Crippen molar-refractivity contribution in [2.45, 2.75) is 50.1 Å². The summed E-state index contributed by atoms with van der Waals surface area (Å²) in [6.07, 6.45) is 5.05. The molecule has 3 heterocycles. The van der Waals surface area contributed by atoms with Gasteiger partial charge < -0.3 is 14.2 Å². The van der Waals surface area contributed by atoms with Crippen LogP contribution < -0.4 is 4.90 Å². The minimum atomic E-state index is -3.67. The topological polar surface area (TPSA) is 97.6 Å². The van der Waals surface area contributed by atoms with Crippen LogP contribution in [0.4, 0.5) is 10.1 Å². The minimum Gasteiger partial charge on any atom is -0.469 e. The molecular weight excluding hydrogens is 509 g/mol. The fourth-order valence-electron chi connectivity index (χ4n) is 5.67. The molecule has 4 atom stereocenters. The van der Waals surface area contributed by atoms with Crippen LogP contribution in [0.25, 0.3) is 0 Å². The summed E-state index contributed by atoms with van der Waals surface area (Å²) in [7, 11) is -2.31. The highest BCUT2D eigenvalue weighted by Gasteiger charge is 2.41. The molecule has 0 saturated carbocycles. The second-order valence-electron chi connectivity index (χ2n) is 10.0. The molecule has 3 aromatic rings. The molecule has 1 aromatic heterocycles. The molecule has 0 spiro atoms. The van der Waals surface area contributed by atoms with Gasteiger partial charge in [0.2, 0.25) is 10.0 Å². The number of hydrogen-bond acceptors (Lipinski definition) is 7. The largest absolute Gasteiger partial charge is 0.469 e. The first kappa shape index (κ1) is 26.3. The van der Waals surface area contributed by atoms with Gasteiger partial charge in [-0.05, 0) is 43.9 Å². The first-order valence-corrected chi connectivity index (χ1v) is 14.3. The summed E-state index contributed by atoms with van der Waals surface area (Å²) in [6, 6.07) is 13.7. The summed E-state index contributed by atoms with van der Waals surface area (Å²) in [4.78, 5) is 14.5. The van der Waals surface area contributed by atoms with Crippen molar-refractivity contribution in [3.8, 4) is 0 Å². The van der Waals surface area contributed by atoms with E-state index in [1.807, 2.05) is 46.7 Å². The van der Waals surface area contributed by atoms with Crippen molar-refractivity contribution >= 4 is 21.7 Å². The maximum absolute atomic E-state index is 15.4. The third kappa shape index (κ3) is 5.04. The van der Waals surface area contributed by atoms with Crippen LogP contribution in [0.5, 0.6) is 0 Å². The number of rotatable bonds is 6. The van der Waals surface area contributed by atoms with E-state index < -0.39 is 27.0 Å². The number of benzene rings is 2. The van der Waals surface area contributed by atoms with Gasteiger partial charge in [0.1, 0.15) is 23.7 Å².